The normalized spacial score (nSPS) is 12.9. The molecule has 0 spiro atoms. The van der Waals surface area contributed by atoms with Crippen LogP contribution in [0.5, 0.6) is 5.75 Å². The Bertz CT molecular complexity index is 525. The molecular weight excluding hydrogens is 312 g/mol. The molecule has 1 rings (SSSR count). The van der Waals surface area contributed by atoms with E-state index in [9.17, 15) is 9.59 Å². The average Bonchev–Trinajstić information content (AvgIpc) is 2.41. The maximum Gasteiger partial charge on any atom is 0.244 e. The molecule has 2 atom stereocenters. The SMILES string of the molecule is CNC(=O)[C@@H](C#N)C(=O)[C@H](C)Oc1ccccc1Br. The highest BCUT2D eigenvalue weighted by molar-refractivity contribution is 9.10. The zero-order chi connectivity index (χ0) is 14.4. The highest BCUT2D eigenvalue weighted by Crippen LogP contribution is 2.25. The molecule has 0 saturated heterocycles. The van der Waals surface area contributed by atoms with Gasteiger partial charge in [0.2, 0.25) is 5.91 Å². The van der Waals surface area contributed by atoms with Gasteiger partial charge in [0, 0.05) is 7.05 Å². The Morgan fingerprint density at radius 2 is 2.05 bits per heavy atom. The lowest BCUT2D eigenvalue weighted by Crippen LogP contribution is -2.38. The van der Waals surface area contributed by atoms with E-state index in [0.717, 1.165) is 0 Å². The first-order valence-corrected chi connectivity index (χ1v) is 6.36. The van der Waals surface area contributed by atoms with Gasteiger partial charge < -0.3 is 10.1 Å². The summed E-state index contributed by atoms with van der Waals surface area (Å²) < 4.78 is 6.15. The second-order valence-corrected chi connectivity index (χ2v) is 4.62. The Morgan fingerprint density at radius 3 is 2.58 bits per heavy atom. The van der Waals surface area contributed by atoms with Crippen molar-refractivity contribution in [2.45, 2.75) is 13.0 Å². The Labute approximate surface area is 119 Å². The van der Waals surface area contributed by atoms with Gasteiger partial charge in [-0.2, -0.15) is 5.26 Å². The van der Waals surface area contributed by atoms with Gasteiger partial charge in [-0.05, 0) is 35.0 Å². The van der Waals surface area contributed by atoms with Gasteiger partial charge in [0.25, 0.3) is 0 Å². The van der Waals surface area contributed by atoms with Crippen LogP contribution in [-0.2, 0) is 9.59 Å². The third kappa shape index (κ3) is 3.80. The fraction of sp³-hybridized carbons (Fsp3) is 0.308. The number of Topliss-reactive ketones (excluding diaryl/α,β-unsaturated/α-hetero) is 1. The van der Waals surface area contributed by atoms with E-state index in [1.165, 1.54) is 14.0 Å². The Balaban J connectivity index is 2.81. The summed E-state index contributed by atoms with van der Waals surface area (Å²) in [4.78, 5) is 23.4. The lowest BCUT2D eigenvalue weighted by atomic mass is 10.0. The van der Waals surface area contributed by atoms with E-state index in [1.807, 2.05) is 6.07 Å². The number of nitrogens with one attached hydrogen (secondary N) is 1. The molecule has 0 heterocycles. The van der Waals surface area contributed by atoms with Crippen molar-refractivity contribution in [2.75, 3.05) is 7.05 Å². The van der Waals surface area contributed by atoms with E-state index in [0.29, 0.717) is 10.2 Å². The van der Waals surface area contributed by atoms with Gasteiger partial charge in [0.15, 0.2) is 17.8 Å². The number of halogens is 1. The molecule has 1 N–H and O–H groups in total. The summed E-state index contributed by atoms with van der Waals surface area (Å²) >= 11 is 3.29. The molecule has 0 unspecified atom stereocenters. The van der Waals surface area contributed by atoms with Gasteiger partial charge in [-0.25, -0.2) is 0 Å². The molecule has 0 aliphatic rings. The van der Waals surface area contributed by atoms with Crippen LogP contribution in [0, 0.1) is 17.2 Å². The molecule has 100 valence electrons. The standard InChI is InChI=1S/C13H13BrN2O3/c1-8(12(17)9(7-15)13(18)16-2)19-11-6-4-3-5-10(11)14/h3-6,8-9H,1-2H3,(H,16,18)/t8-,9-/m0/s1. The van der Waals surface area contributed by atoms with Gasteiger partial charge in [0.05, 0.1) is 10.5 Å². The van der Waals surface area contributed by atoms with Crippen LogP contribution in [0.1, 0.15) is 6.92 Å². The molecule has 0 bridgehead atoms. The molecule has 1 aromatic rings. The second-order valence-electron chi connectivity index (χ2n) is 3.77. The number of carbonyl (C=O) groups excluding carboxylic acids is 2. The van der Waals surface area contributed by atoms with Crippen LogP contribution < -0.4 is 10.1 Å². The van der Waals surface area contributed by atoms with E-state index in [4.69, 9.17) is 10.00 Å². The molecule has 5 nitrogen and oxygen atoms in total. The predicted molar refractivity (Wildman–Crippen MR) is 72.4 cm³/mol. The molecule has 0 aromatic heterocycles. The van der Waals surface area contributed by atoms with Crippen molar-refractivity contribution in [3.05, 3.63) is 28.7 Å². The number of para-hydroxylation sites is 1. The van der Waals surface area contributed by atoms with Crippen LogP contribution in [0.4, 0.5) is 0 Å². The fourth-order valence-electron chi connectivity index (χ4n) is 1.42. The zero-order valence-corrected chi connectivity index (χ0v) is 12.1. The monoisotopic (exact) mass is 324 g/mol. The van der Waals surface area contributed by atoms with E-state index in [2.05, 4.69) is 21.2 Å². The summed E-state index contributed by atoms with van der Waals surface area (Å²) in [6, 6.07) is 8.71. The lowest BCUT2D eigenvalue weighted by Gasteiger charge is -2.16. The molecule has 19 heavy (non-hydrogen) atoms. The smallest absolute Gasteiger partial charge is 0.244 e. The van der Waals surface area contributed by atoms with Crippen molar-refractivity contribution < 1.29 is 14.3 Å². The van der Waals surface area contributed by atoms with Gasteiger partial charge >= 0.3 is 0 Å². The first kappa shape index (κ1) is 15.2. The zero-order valence-electron chi connectivity index (χ0n) is 10.5. The minimum atomic E-state index is -1.36. The van der Waals surface area contributed by atoms with E-state index < -0.39 is 23.7 Å². The van der Waals surface area contributed by atoms with Gasteiger partial charge in [-0.3, -0.25) is 9.59 Å². The fourth-order valence-corrected chi connectivity index (χ4v) is 1.80. The van der Waals surface area contributed by atoms with Gasteiger partial charge in [0.1, 0.15) is 5.75 Å². The third-order valence-corrected chi connectivity index (χ3v) is 3.12. The number of ketones is 1. The largest absolute Gasteiger partial charge is 0.482 e. The lowest BCUT2D eigenvalue weighted by molar-refractivity contribution is -0.135. The number of carbonyl (C=O) groups is 2. The van der Waals surface area contributed by atoms with E-state index >= 15 is 0 Å². The third-order valence-electron chi connectivity index (χ3n) is 2.46. The number of benzene rings is 1. The number of hydrogen-bond donors (Lipinski definition) is 1. The van der Waals surface area contributed by atoms with Crippen molar-refractivity contribution >= 4 is 27.6 Å². The molecule has 0 fully saturated rings. The van der Waals surface area contributed by atoms with Crippen molar-refractivity contribution in [1.82, 2.24) is 5.32 Å². The number of rotatable bonds is 5. The summed E-state index contributed by atoms with van der Waals surface area (Å²) in [5.74, 6) is -2.08. The molecule has 0 aliphatic carbocycles. The Hall–Kier alpha value is -1.87. The van der Waals surface area contributed by atoms with Crippen LogP contribution in [-0.4, -0.2) is 24.8 Å². The van der Waals surface area contributed by atoms with E-state index in [-0.39, 0.29) is 0 Å². The topological polar surface area (TPSA) is 79.2 Å². The van der Waals surface area contributed by atoms with Crippen molar-refractivity contribution in [3.8, 4) is 11.8 Å². The van der Waals surface area contributed by atoms with Crippen molar-refractivity contribution in [3.63, 3.8) is 0 Å². The maximum atomic E-state index is 12.0. The number of hydrogen-bond acceptors (Lipinski definition) is 4. The number of amides is 1. The summed E-state index contributed by atoms with van der Waals surface area (Å²) in [5.41, 5.74) is 0. The average molecular weight is 325 g/mol. The maximum absolute atomic E-state index is 12.0. The van der Waals surface area contributed by atoms with Crippen LogP contribution in [0.2, 0.25) is 0 Å². The predicted octanol–water partition coefficient (Wildman–Crippen LogP) is 1.67. The van der Waals surface area contributed by atoms with E-state index in [1.54, 1.807) is 24.3 Å². The molecule has 1 amide bonds. The quantitative estimate of drug-likeness (QED) is 0.835. The molecule has 0 radical (unpaired) electrons. The summed E-state index contributed by atoms with van der Waals surface area (Å²) in [6.07, 6.45) is -0.888. The molecule has 6 heteroatoms. The summed E-state index contributed by atoms with van der Waals surface area (Å²) in [5, 5.41) is 11.2. The molecule has 0 saturated carbocycles. The van der Waals surface area contributed by atoms with Crippen molar-refractivity contribution in [1.29, 1.82) is 5.26 Å². The Kier molecular flexibility index (Phi) is 5.52. The summed E-state index contributed by atoms with van der Waals surface area (Å²) in [7, 11) is 1.37. The minimum Gasteiger partial charge on any atom is -0.482 e. The molecular formula is C13H13BrN2O3. The van der Waals surface area contributed by atoms with Crippen molar-refractivity contribution in [2.24, 2.45) is 5.92 Å². The van der Waals surface area contributed by atoms with Gasteiger partial charge in [-0.1, -0.05) is 12.1 Å². The van der Waals surface area contributed by atoms with Crippen LogP contribution >= 0.6 is 15.9 Å². The van der Waals surface area contributed by atoms with Crippen LogP contribution in [0.15, 0.2) is 28.7 Å². The second kappa shape index (κ2) is 6.90. The van der Waals surface area contributed by atoms with Crippen LogP contribution in [0.25, 0.3) is 0 Å². The molecule has 0 aliphatic heterocycles. The highest BCUT2D eigenvalue weighted by Gasteiger charge is 2.31. The van der Waals surface area contributed by atoms with Crippen LogP contribution in [0.3, 0.4) is 0 Å². The first-order valence-electron chi connectivity index (χ1n) is 5.57. The highest BCUT2D eigenvalue weighted by atomic mass is 79.9. The number of ether oxygens (including phenoxy) is 1. The number of nitrogens with zero attached hydrogens (tertiary/aromatic N) is 1. The minimum absolute atomic E-state index is 0.483. The number of nitriles is 1. The Morgan fingerprint density at radius 1 is 1.42 bits per heavy atom. The molecule has 1 aromatic carbocycles. The van der Waals surface area contributed by atoms with Gasteiger partial charge in [-0.15, -0.1) is 0 Å². The summed E-state index contributed by atoms with van der Waals surface area (Å²) in [6.45, 7) is 1.51. The first-order chi connectivity index (χ1) is 9.01.